The van der Waals surface area contributed by atoms with Gasteiger partial charge in [0.2, 0.25) is 0 Å². The van der Waals surface area contributed by atoms with Gasteiger partial charge in [-0.05, 0) is 23.8 Å². The Morgan fingerprint density at radius 3 is 1.71 bits per heavy atom. The van der Waals surface area contributed by atoms with Crippen LogP contribution in [0.1, 0.15) is 59.8 Å². The molecule has 0 aromatic carbocycles. The maximum absolute atomic E-state index is 11.5. The van der Waals surface area contributed by atoms with Crippen molar-refractivity contribution in [2.24, 2.45) is 16.6 Å². The molecule has 0 unspecified atom stereocenters. The molecule has 1 fully saturated rings. The summed E-state index contributed by atoms with van der Waals surface area (Å²) in [6.45, 7) is 9.35. The van der Waals surface area contributed by atoms with Gasteiger partial charge in [0, 0.05) is 18.7 Å². The molecule has 2 aliphatic rings. The van der Waals surface area contributed by atoms with Crippen LogP contribution in [0.3, 0.4) is 0 Å². The summed E-state index contributed by atoms with van der Waals surface area (Å²) in [6.07, 6.45) is 9.52. The Hall–Kier alpha value is -1.16. The van der Waals surface area contributed by atoms with E-state index < -0.39 is 0 Å². The highest BCUT2D eigenvalue weighted by atomic mass is 16.2. The fraction of sp³-hybridized carbons (Fsp3) is 0.765. The lowest BCUT2D eigenvalue weighted by Gasteiger charge is -2.36. The minimum absolute atomic E-state index is 0.0166. The minimum atomic E-state index is -0.214. The van der Waals surface area contributed by atoms with Gasteiger partial charge in [0.25, 0.3) is 11.8 Å². The first-order valence-electron chi connectivity index (χ1n) is 7.90. The second-order valence-electron chi connectivity index (χ2n) is 7.72. The molecule has 0 radical (unpaired) electrons. The van der Waals surface area contributed by atoms with Crippen molar-refractivity contribution >= 4 is 11.8 Å². The summed E-state index contributed by atoms with van der Waals surface area (Å²) in [4.78, 5) is 24.3. The Bertz CT molecular complexity index is 385. The number of imide groups is 1. The molecule has 4 nitrogen and oxygen atoms in total. The van der Waals surface area contributed by atoms with Crippen LogP contribution in [-0.4, -0.2) is 29.8 Å². The molecule has 0 aromatic heterocycles. The van der Waals surface area contributed by atoms with Crippen LogP contribution in [0, 0.1) is 10.8 Å². The summed E-state index contributed by atoms with van der Waals surface area (Å²) in [5.41, 5.74) is 5.61. The summed E-state index contributed by atoms with van der Waals surface area (Å²) in [5, 5.41) is 0. The topological polar surface area (TPSA) is 63.4 Å². The van der Waals surface area contributed by atoms with E-state index in [1.807, 2.05) is 0 Å². The summed E-state index contributed by atoms with van der Waals surface area (Å²) >= 11 is 0. The molecule has 0 atom stereocenters. The summed E-state index contributed by atoms with van der Waals surface area (Å²) < 4.78 is 0. The van der Waals surface area contributed by atoms with E-state index in [0.717, 1.165) is 6.42 Å². The highest BCUT2D eigenvalue weighted by Crippen LogP contribution is 2.34. The van der Waals surface area contributed by atoms with Gasteiger partial charge in [-0.2, -0.15) is 0 Å². The lowest BCUT2D eigenvalue weighted by atomic mass is 9.75. The van der Waals surface area contributed by atoms with Gasteiger partial charge in [-0.15, -0.1) is 0 Å². The predicted octanol–water partition coefficient (Wildman–Crippen LogP) is 2.87. The largest absolute Gasteiger partial charge is 0.330 e. The second kappa shape index (κ2) is 7.21. The van der Waals surface area contributed by atoms with E-state index in [0.29, 0.717) is 13.1 Å². The molecule has 0 aromatic rings. The van der Waals surface area contributed by atoms with Crippen LogP contribution in [0.15, 0.2) is 12.2 Å². The maximum atomic E-state index is 11.5. The number of carbonyl (C=O) groups is 2. The van der Waals surface area contributed by atoms with Gasteiger partial charge >= 0.3 is 0 Å². The van der Waals surface area contributed by atoms with Crippen molar-refractivity contribution in [3.63, 3.8) is 0 Å². The maximum Gasteiger partial charge on any atom is 0.253 e. The number of hydrogen-bond acceptors (Lipinski definition) is 3. The average molecular weight is 294 g/mol. The summed E-state index contributed by atoms with van der Waals surface area (Å²) in [5.74, 6) is -0.428. The molecule has 0 spiro atoms. The zero-order valence-corrected chi connectivity index (χ0v) is 13.9. The van der Waals surface area contributed by atoms with E-state index in [-0.39, 0.29) is 22.6 Å². The number of carbonyl (C=O) groups excluding carboxylic acids is 2. The van der Waals surface area contributed by atoms with E-state index in [2.05, 4.69) is 27.7 Å². The van der Waals surface area contributed by atoms with Crippen molar-refractivity contribution < 1.29 is 9.59 Å². The van der Waals surface area contributed by atoms with Crippen LogP contribution >= 0.6 is 0 Å². The third kappa shape index (κ3) is 6.00. The highest BCUT2D eigenvalue weighted by molar-refractivity contribution is 6.12. The summed E-state index contributed by atoms with van der Waals surface area (Å²) in [6, 6.07) is 0. The lowest BCUT2D eigenvalue weighted by Crippen LogP contribution is -2.41. The van der Waals surface area contributed by atoms with Crippen LogP contribution < -0.4 is 5.73 Å². The normalized spacial score (nSPS) is 18.4. The van der Waals surface area contributed by atoms with E-state index >= 15 is 0 Å². The Morgan fingerprint density at radius 1 is 0.952 bits per heavy atom. The van der Waals surface area contributed by atoms with Gasteiger partial charge in [-0.25, -0.2) is 0 Å². The second-order valence-corrected chi connectivity index (χ2v) is 7.72. The van der Waals surface area contributed by atoms with Gasteiger partial charge in [0.05, 0.1) is 0 Å². The Kier molecular flexibility index (Phi) is 6.14. The molecule has 2 amide bonds. The molecule has 0 saturated heterocycles. The van der Waals surface area contributed by atoms with Crippen LogP contribution in [0.4, 0.5) is 0 Å². The van der Waals surface area contributed by atoms with Crippen molar-refractivity contribution in [3.05, 3.63) is 12.2 Å². The van der Waals surface area contributed by atoms with Gasteiger partial charge in [0.1, 0.15) is 0 Å². The van der Waals surface area contributed by atoms with Crippen molar-refractivity contribution in [1.29, 1.82) is 0 Å². The lowest BCUT2D eigenvalue weighted by molar-refractivity contribution is -0.138. The van der Waals surface area contributed by atoms with E-state index in [4.69, 9.17) is 5.73 Å². The van der Waals surface area contributed by atoms with Crippen molar-refractivity contribution in [3.8, 4) is 0 Å². The average Bonchev–Trinajstić information content (AvgIpc) is 2.57. The standard InChI is InChI=1S/C13H22N2O2.C4H8/c1-12(2,8-14)7-13(3,4)9-15-10(16)5-6-11(15)17;1-2-4-3-1/h5-6H,7-9,14H2,1-4H3;1-4H2. The minimum Gasteiger partial charge on any atom is -0.330 e. The molecular formula is C17H30N2O2. The Labute approximate surface area is 128 Å². The van der Waals surface area contributed by atoms with Crippen LogP contribution in [0.2, 0.25) is 0 Å². The predicted molar refractivity (Wildman–Crippen MR) is 85.6 cm³/mol. The number of rotatable bonds is 5. The fourth-order valence-corrected chi connectivity index (χ4v) is 2.69. The van der Waals surface area contributed by atoms with Crippen molar-refractivity contribution in [2.75, 3.05) is 13.1 Å². The molecule has 1 aliphatic carbocycles. The summed E-state index contributed by atoms with van der Waals surface area (Å²) in [7, 11) is 0. The molecule has 4 heteroatoms. The third-order valence-electron chi connectivity index (χ3n) is 4.00. The first kappa shape index (κ1) is 17.9. The van der Waals surface area contributed by atoms with Crippen LogP contribution in [0.5, 0.6) is 0 Å². The number of hydrogen-bond donors (Lipinski definition) is 1. The van der Waals surface area contributed by atoms with Crippen molar-refractivity contribution in [2.45, 2.75) is 59.8 Å². The molecule has 0 bridgehead atoms. The van der Waals surface area contributed by atoms with Gasteiger partial charge in [-0.3, -0.25) is 14.5 Å². The van der Waals surface area contributed by atoms with Crippen LogP contribution in [0.25, 0.3) is 0 Å². The Morgan fingerprint density at radius 2 is 1.38 bits per heavy atom. The zero-order chi connectivity index (χ0) is 16.1. The molecule has 1 aliphatic heterocycles. The molecule has 2 N–H and O–H groups in total. The number of amides is 2. The molecule has 2 rings (SSSR count). The van der Waals surface area contributed by atoms with E-state index in [1.165, 1.54) is 42.7 Å². The van der Waals surface area contributed by atoms with E-state index in [1.54, 1.807) is 0 Å². The fourth-order valence-electron chi connectivity index (χ4n) is 2.69. The van der Waals surface area contributed by atoms with Crippen molar-refractivity contribution in [1.82, 2.24) is 4.90 Å². The molecule has 1 heterocycles. The molecule has 120 valence electrons. The quantitative estimate of drug-likeness (QED) is 0.793. The van der Waals surface area contributed by atoms with Gasteiger partial charge in [-0.1, -0.05) is 53.4 Å². The zero-order valence-electron chi connectivity index (χ0n) is 13.9. The third-order valence-corrected chi connectivity index (χ3v) is 4.00. The van der Waals surface area contributed by atoms with Gasteiger partial charge in [0.15, 0.2) is 0 Å². The molecule has 21 heavy (non-hydrogen) atoms. The number of nitrogens with zero attached hydrogens (tertiary/aromatic N) is 1. The first-order valence-corrected chi connectivity index (χ1v) is 7.90. The van der Waals surface area contributed by atoms with Crippen LogP contribution in [-0.2, 0) is 9.59 Å². The first-order chi connectivity index (χ1) is 9.67. The highest BCUT2D eigenvalue weighted by Gasteiger charge is 2.34. The van der Waals surface area contributed by atoms with E-state index in [9.17, 15) is 9.59 Å². The molecule has 1 saturated carbocycles. The SMILES string of the molecule is C1CCC1.CC(C)(CN)CC(C)(C)CN1C(=O)C=CC1=O. The monoisotopic (exact) mass is 294 g/mol. The Balaban J connectivity index is 0.000000471. The smallest absolute Gasteiger partial charge is 0.253 e. The number of nitrogens with two attached hydrogens (primary N) is 1. The van der Waals surface area contributed by atoms with Gasteiger partial charge < -0.3 is 5.73 Å². The molecular weight excluding hydrogens is 264 g/mol.